The van der Waals surface area contributed by atoms with Gasteiger partial charge in [-0.2, -0.15) is 12.7 Å². The molecule has 0 unspecified atom stereocenters. The number of carbonyl (C=O) groups is 2. The third-order valence-electron chi connectivity index (χ3n) is 10.5. The van der Waals surface area contributed by atoms with Gasteiger partial charge in [0, 0.05) is 49.6 Å². The monoisotopic (exact) mass is 672 g/mol. The number of nitrogens with zero attached hydrogens (tertiary/aromatic N) is 1. The second kappa shape index (κ2) is 12.4. The Morgan fingerprint density at radius 3 is 2.40 bits per heavy atom. The molecular formula is C35H46F2N4O5S. The number of rotatable bonds is 10. The smallest absolute Gasteiger partial charge is 0.303 e. The van der Waals surface area contributed by atoms with Crippen molar-refractivity contribution >= 4 is 22.0 Å². The summed E-state index contributed by atoms with van der Waals surface area (Å²) in [5, 5.41) is 5.98. The molecule has 4 fully saturated rings. The molecular weight excluding hydrogens is 626 g/mol. The quantitative estimate of drug-likeness (QED) is 0.327. The van der Waals surface area contributed by atoms with Crippen molar-refractivity contribution in [3.8, 4) is 16.9 Å². The van der Waals surface area contributed by atoms with E-state index in [1.165, 1.54) is 10.4 Å². The number of hydrogen-bond donors (Lipinski definition) is 3. The van der Waals surface area contributed by atoms with Gasteiger partial charge in [0.15, 0.2) is 0 Å². The summed E-state index contributed by atoms with van der Waals surface area (Å²) in [4.78, 5) is 26.4. The van der Waals surface area contributed by atoms with E-state index in [1.807, 2.05) is 19.9 Å². The molecule has 0 aromatic heterocycles. The molecule has 0 spiro atoms. The van der Waals surface area contributed by atoms with E-state index in [0.717, 1.165) is 25.7 Å². The zero-order chi connectivity index (χ0) is 33.8. The van der Waals surface area contributed by atoms with E-state index in [4.69, 9.17) is 4.74 Å². The summed E-state index contributed by atoms with van der Waals surface area (Å²) < 4.78 is 66.4. The first-order chi connectivity index (χ1) is 22.1. The van der Waals surface area contributed by atoms with E-state index in [9.17, 15) is 18.0 Å². The Kier molecular flexibility index (Phi) is 8.93. The number of alkyl halides is 1. The number of halogens is 2. The van der Waals surface area contributed by atoms with Crippen LogP contribution in [0.15, 0.2) is 36.4 Å². The number of carbonyl (C=O) groups excluding carboxylic acids is 2. The molecule has 4 aliphatic rings. The topological polar surface area (TPSA) is 117 Å². The van der Waals surface area contributed by atoms with Gasteiger partial charge in [-0.15, -0.1) is 0 Å². The summed E-state index contributed by atoms with van der Waals surface area (Å²) in [7, 11) is -3.95. The Bertz CT molecular complexity index is 1660. The predicted molar refractivity (Wildman–Crippen MR) is 175 cm³/mol. The maximum absolute atomic E-state index is 15.5. The van der Waals surface area contributed by atoms with Crippen LogP contribution in [0.1, 0.15) is 96.1 Å². The average molecular weight is 673 g/mol. The van der Waals surface area contributed by atoms with Gasteiger partial charge >= 0.3 is 10.2 Å². The molecule has 9 nitrogen and oxygen atoms in total. The van der Waals surface area contributed by atoms with E-state index < -0.39 is 38.6 Å². The molecule has 2 aromatic carbocycles. The SMILES string of the molecule is CC1(C)C[C@](F)(C(=O)N[C@@H]2CC[C@@H](Oc3ccc(C(C)(C)C(=O)NS(=O)(=O)N4CCC4)cc3-c3cccc(F)c3C3CCC3)C2)CN1. The normalized spacial score (nSPS) is 26.3. The fraction of sp³-hybridized carbons (Fsp3) is 0.600. The Labute approximate surface area is 276 Å². The Balaban J connectivity index is 1.26. The molecule has 2 aliphatic heterocycles. The molecule has 2 saturated heterocycles. The fourth-order valence-corrected chi connectivity index (χ4v) is 8.48. The highest BCUT2D eigenvalue weighted by Gasteiger charge is 2.50. The highest BCUT2D eigenvalue weighted by molar-refractivity contribution is 7.87. The van der Waals surface area contributed by atoms with Crippen LogP contribution in [0.25, 0.3) is 11.1 Å². The molecule has 3 atom stereocenters. The molecule has 2 aliphatic carbocycles. The van der Waals surface area contributed by atoms with Crippen LogP contribution in [-0.2, 0) is 25.2 Å². The van der Waals surface area contributed by atoms with Gasteiger partial charge in [0.1, 0.15) is 17.7 Å². The van der Waals surface area contributed by atoms with E-state index in [0.29, 0.717) is 60.4 Å². The third kappa shape index (κ3) is 6.78. The molecule has 256 valence electrons. The molecule has 2 heterocycles. The van der Waals surface area contributed by atoms with Gasteiger partial charge in [0.05, 0.1) is 5.41 Å². The lowest BCUT2D eigenvalue weighted by Crippen LogP contribution is -2.53. The van der Waals surface area contributed by atoms with Crippen LogP contribution >= 0.6 is 0 Å². The molecule has 2 aromatic rings. The van der Waals surface area contributed by atoms with Crippen LogP contribution in [0.3, 0.4) is 0 Å². The summed E-state index contributed by atoms with van der Waals surface area (Å²) >= 11 is 0. The number of ether oxygens (including phenoxy) is 1. The van der Waals surface area contributed by atoms with Gasteiger partial charge in [0.2, 0.25) is 11.6 Å². The Morgan fingerprint density at radius 2 is 1.79 bits per heavy atom. The number of nitrogens with one attached hydrogen (secondary N) is 3. The van der Waals surface area contributed by atoms with Gasteiger partial charge in [-0.05, 0) is 101 Å². The minimum Gasteiger partial charge on any atom is -0.490 e. The lowest BCUT2D eigenvalue weighted by Gasteiger charge is -2.32. The molecule has 3 N–H and O–H groups in total. The number of benzene rings is 2. The highest BCUT2D eigenvalue weighted by atomic mass is 32.2. The zero-order valence-electron chi connectivity index (χ0n) is 27.6. The van der Waals surface area contributed by atoms with Gasteiger partial charge < -0.3 is 15.4 Å². The summed E-state index contributed by atoms with van der Waals surface area (Å²) in [6.45, 7) is 7.80. The van der Waals surface area contributed by atoms with Crippen LogP contribution < -0.4 is 20.1 Å². The predicted octanol–water partition coefficient (Wildman–Crippen LogP) is 5.00. The van der Waals surface area contributed by atoms with Crippen LogP contribution in [0.2, 0.25) is 0 Å². The van der Waals surface area contributed by atoms with Crippen molar-refractivity contribution in [2.24, 2.45) is 0 Å². The molecule has 6 rings (SSSR count). The van der Waals surface area contributed by atoms with E-state index in [1.54, 1.807) is 38.1 Å². The zero-order valence-corrected chi connectivity index (χ0v) is 28.4. The van der Waals surface area contributed by atoms with Crippen molar-refractivity contribution in [2.75, 3.05) is 19.6 Å². The van der Waals surface area contributed by atoms with Crippen LogP contribution in [0.5, 0.6) is 5.75 Å². The van der Waals surface area contributed by atoms with E-state index >= 15 is 8.78 Å². The first-order valence-electron chi connectivity index (χ1n) is 16.8. The summed E-state index contributed by atoms with van der Waals surface area (Å²) in [5.41, 5.74) is -1.21. The average Bonchev–Trinajstić information content (AvgIpc) is 3.49. The Hall–Kier alpha value is -3.09. The second-order valence-corrected chi connectivity index (χ2v) is 16.6. The van der Waals surface area contributed by atoms with Crippen LogP contribution in [0.4, 0.5) is 8.78 Å². The van der Waals surface area contributed by atoms with Crippen molar-refractivity contribution in [3.05, 3.63) is 53.3 Å². The first kappa shape index (κ1) is 33.8. The van der Waals surface area contributed by atoms with E-state index in [-0.39, 0.29) is 36.8 Å². The van der Waals surface area contributed by atoms with Gasteiger partial charge in [-0.25, -0.2) is 13.5 Å². The molecule has 2 saturated carbocycles. The van der Waals surface area contributed by atoms with Crippen molar-refractivity contribution in [1.82, 2.24) is 19.7 Å². The highest BCUT2D eigenvalue weighted by Crippen LogP contribution is 2.46. The minimum absolute atomic E-state index is 0.0241. The second-order valence-electron chi connectivity index (χ2n) is 15.0. The maximum atomic E-state index is 15.5. The maximum Gasteiger partial charge on any atom is 0.303 e. The molecule has 2 amide bonds. The van der Waals surface area contributed by atoms with Crippen molar-refractivity contribution < 1.29 is 31.5 Å². The van der Waals surface area contributed by atoms with Gasteiger partial charge in [-0.1, -0.05) is 24.6 Å². The van der Waals surface area contributed by atoms with Crippen molar-refractivity contribution in [2.45, 2.75) is 114 Å². The van der Waals surface area contributed by atoms with Crippen LogP contribution in [-0.4, -0.2) is 67.5 Å². The van der Waals surface area contributed by atoms with Gasteiger partial charge in [0.25, 0.3) is 5.91 Å². The Morgan fingerprint density at radius 1 is 1.04 bits per heavy atom. The summed E-state index contributed by atoms with van der Waals surface area (Å²) in [6.07, 6.45) is 5.09. The van der Waals surface area contributed by atoms with E-state index in [2.05, 4.69) is 15.4 Å². The standard InChI is InChI=1S/C35H46F2N4O5S/c1-33(2)20-35(37,21-38-33)32(43)39-24-13-14-25(19-24)46-29-15-12-23(34(3,4)31(42)40-47(44,45)41-16-7-17-41)18-27(29)26-10-6-11-28(36)30(26)22-8-5-9-22/h6,10-12,15,18,22,24-25,38H,5,7-9,13-14,16-17,19-21H2,1-4H3,(H,39,43)(H,40,42)/t24-,25-,35-/m1/s1. The van der Waals surface area contributed by atoms with Crippen LogP contribution in [0, 0.1) is 5.82 Å². The van der Waals surface area contributed by atoms with Crippen molar-refractivity contribution in [3.63, 3.8) is 0 Å². The van der Waals surface area contributed by atoms with Gasteiger partial charge in [-0.3, -0.25) is 9.59 Å². The molecule has 0 bridgehead atoms. The molecule has 0 radical (unpaired) electrons. The minimum atomic E-state index is -3.95. The third-order valence-corrected chi connectivity index (χ3v) is 12.0. The molecule has 12 heteroatoms. The molecule has 47 heavy (non-hydrogen) atoms. The fourth-order valence-electron chi connectivity index (χ4n) is 7.12. The summed E-state index contributed by atoms with van der Waals surface area (Å²) in [5.74, 6) is -0.995. The lowest BCUT2D eigenvalue weighted by atomic mass is 9.76. The number of amides is 2. The summed E-state index contributed by atoms with van der Waals surface area (Å²) in [6, 6.07) is 10.0. The van der Waals surface area contributed by atoms with Crippen molar-refractivity contribution in [1.29, 1.82) is 0 Å². The largest absolute Gasteiger partial charge is 0.490 e. The number of hydrogen-bond acceptors (Lipinski definition) is 6. The lowest BCUT2D eigenvalue weighted by molar-refractivity contribution is -0.132. The first-order valence-corrected chi connectivity index (χ1v) is 18.2.